The lowest BCUT2D eigenvalue weighted by atomic mass is 9.88. The molecule has 3 nitrogen and oxygen atoms in total. The van der Waals surface area contributed by atoms with Crippen LogP contribution >= 0.6 is 11.6 Å². The molecule has 0 aromatic heterocycles. The van der Waals surface area contributed by atoms with Gasteiger partial charge in [-0.3, -0.25) is 0 Å². The summed E-state index contributed by atoms with van der Waals surface area (Å²) in [4.78, 5) is 0. The summed E-state index contributed by atoms with van der Waals surface area (Å²) in [7, 11) is 0. The highest BCUT2D eigenvalue weighted by Gasteiger charge is 2.24. The Bertz CT molecular complexity index is 458. The molecule has 1 aromatic carbocycles. The Labute approximate surface area is 119 Å². The Morgan fingerprint density at radius 2 is 2.05 bits per heavy atom. The molecule has 0 amide bonds. The molecule has 1 fully saturated rings. The van der Waals surface area contributed by atoms with E-state index in [9.17, 15) is 0 Å². The molecule has 3 rings (SSSR count). The second-order valence-electron chi connectivity index (χ2n) is 5.47. The fourth-order valence-electron chi connectivity index (χ4n) is 3.06. The minimum Gasteiger partial charge on any atom is -0.493 e. The molecule has 104 valence electrons. The third-order valence-corrected chi connectivity index (χ3v) is 4.37. The van der Waals surface area contributed by atoms with Gasteiger partial charge >= 0.3 is 0 Å². The number of halogens is 1. The maximum absolute atomic E-state index is 6.37. The van der Waals surface area contributed by atoms with Crippen molar-refractivity contribution in [1.82, 2.24) is 0 Å². The van der Waals surface area contributed by atoms with E-state index in [0.717, 1.165) is 56.3 Å². The zero-order chi connectivity index (χ0) is 13.2. The van der Waals surface area contributed by atoms with E-state index in [1.807, 2.05) is 12.1 Å². The van der Waals surface area contributed by atoms with Crippen molar-refractivity contribution in [3.63, 3.8) is 0 Å². The van der Waals surface area contributed by atoms with E-state index in [1.54, 1.807) is 0 Å². The first-order valence-electron chi connectivity index (χ1n) is 7.01. The summed E-state index contributed by atoms with van der Waals surface area (Å²) in [6.07, 6.45) is 3.92. The first-order valence-corrected chi connectivity index (χ1v) is 7.39. The molecule has 4 heteroatoms. The molecule has 0 spiro atoms. The molecular formula is C15H20ClNO2. The number of fused-ring (bicyclic) bond motifs is 1. The molecule has 19 heavy (non-hydrogen) atoms. The van der Waals surface area contributed by atoms with Gasteiger partial charge in [0.15, 0.2) is 0 Å². The van der Waals surface area contributed by atoms with E-state index >= 15 is 0 Å². The predicted octanol–water partition coefficient (Wildman–Crippen LogP) is 2.57. The topological polar surface area (TPSA) is 44.5 Å². The average molecular weight is 282 g/mol. The minimum absolute atomic E-state index is 0.163. The van der Waals surface area contributed by atoms with Crippen LogP contribution < -0.4 is 10.5 Å². The largest absolute Gasteiger partial charge is 0.493 e. The second-order valence-corrected chi connectivity index (χ2v) is 5.91. The van der Waals surface area contributed by atoms with Crippen LogP contribution in [0.15, 0.2) is 12.1 Å². The van der Waals surface area contributed by atoms with Crippen LogP contribution in [0, 0.1) is 5.92 Å². The first kappa shape index (κ1) is 13.2. The third-order valence-electron chi connectivity index (χ3n) is 4.15. The Balaban J connectivity index is 1.75. The highest BCUT2D eigenvalue weighted by Crippen LogP contribution is 2.34. The molecule has 1 atom stereocenters. The summed E-state index contributed by atoms with van der Waals surface area (Å²) in [5, 5.41) is 0.790. The van der Waals surface area contributed by atoms with Crippen molar-refractivity contribution in [2.75, 3.05) is 19.8 Å². The molecule has 1 unspecified atom stereocenters. The molecule has 0 bridgehead atoms. The van der Waals surface area contributed by atoms with Gasteiger partial charge in [-0.25, -0.2) is 0 Å². The number of hydrogen-bond donors (Lipinski definition) is 1. The van der Waals surface area contributed by atoms with Crippen molar-refractivity contribution < 1.29 is 9.47 Å². The van der Waals surface area contributed by atoms with Gasteiger partial charge < -0.3 is 15.2 Å². The number of benzene rings is 1. The third kappa shape index (κ3) is 2.88. The van der Waals surface area contributed by atoms with Gasteiger partial charge in [0, 0.05) is 30.7 Å². The maximum Gasteiger partial charge on any atom is 0.125 e. The van der Waals surface area contributed by atoms with Gasteiger partial charge in [0.1, 0.15) is 5.75 Å². The molecular weight excluding hydrogens is 262 g/mol. The maximum atomic E-state index is 6.37. The minimum atomic E-state index is 0.163. The average Bonchev–Trinajstić information content (AvgIpc) is 2.88. The van der Waals surface area contributed by atoms with Crippen LogP contribution in [0.1, 0.15) is 24.0 Å². The van der Waals surface area contributed by atoms with Crippen LogP contribution in [-0.4, -0.2) is 25.9 Å². The fraction of sp³-hybridized carbons (Fsp3) is 0.600. The lowest BCUT2D eigenvalue weighted by Gasteiger charge is -2.28. The van der Waals surface area contributed by atoms with E-state index < -0.39 is 0 Å². The summed E-state index contributed by atoms with van der Waals surface area (Å²) in [5.74, 6) is 1.57. The summed E-state index contributed by atoms with van der Waals surface area (Å²) < 4.78 is 11.1. The first-order chi connectivity index (χ1) is 9.24. The molecule has 1 saturated heterocycles. The SMILES string of the molecule is NC(Cc1cc(Cl)cc2c1OCC2)C1CCOCC1. The van der Waals surface area contributed by atoms with Crippen molar-refractivity contribution in [1.29, 1.82) is 0 Å². The molecule has 1 aromatic rings. The van der Waals surface area contributed by atoms with Gasteiger partial charge in [-0.05, 0) is 48.4 Å². The lowest BCUT2D eigenvalue weighted by molar-refractivity contribution is 0.0584. The monoisotopic (exact) mass is 281 g/mol. The Kier molecular flexibility index (Phi) is 3.96. The van der Waals surface area contributed by atoms with E-state index in [0.29, 0.717) is 5.92 Å². The quantitative estimate of drug-likeness (QED) is 0.926. The second kappa shape index (κ2) is 5.70. The van der Waals surface area contributed by atoms with E-state index in [-0.39, 0.29) is 6.04 Å². The van der Waals surface area contributed by atoms with Crippen molar-refractivity contribution in [3.05, 3.63) is 28.3 Å². The summed E-state index contributed by atoms with van der Waals surface area (Å²) >= 11 is 6.18. The predicted molar refractivity (Wildman–Crippen MR) is 75.9 cm³/mol. The number of rotatable bonds is 3. The van der Waals surface area contributed by atoms with Crippen LogP contribution in [0.5, 0.6) is 5.75 Å². The van der Waals surface area contributed by atoms with Gasteiger partial charge in [-0.15, -0.1) is 0 Å². The van der Waals surface area contributed by atoms with Crippen LogP contribution in [0.25, 0.3) is 0 Å². The number of nitrogens with two attached hydrogens (primary N) is 1. The molecule has 2 N–H and O–H groups in total. The molecule has 2 aliphatic heterocycles. The van der Waals surface area contributed by atoms with Gasteiger partial charge in [0.25, 0.3) is 0 Å². The van der Waals surface area contributed by atoms with Crippen LogP contribution in [0.3, 0.4) is 0 Å². The zero-order valence-corrected chi connectivity index (χ0v) is 11.8. The normalized spacial score (nSPS) is 20.9. The zero-order valence-electron chi connectivity index (χ0n) is 11.0. The van der Waals surface area contributed by atoms with Gasteiger partial charge in [0.2, 0.25) is 0 Å². The van der Waals surface area contributed by atoms with Crippen molar-refractivity contribution in [2.24, 2.45) is 11.7 Å². The summed E-state index contributed by atoms with van der Waals surface area (Å²) in [6.45, 7) is 2.43. The van der Waals surface area contributed by atoms with E-state index in [4.69, 9.17) is 26.8 Å². The summed E-state index contributed by atoms with van der Waals surface area (Å²) in [6, 6.07) is 4.17. The van der Waals surface area contributed by atoms with E-state index in [1.165, 1.54) is 11.1 Å². The van der Waals surface area contributed by atoms with Gasteiger partial charge in [-0.2, -0.15) is 0 Å². The molecule has 2 aliphatic rings. The fourth-order valence-corrected chi connectivity index (χ4v) is 3.33. The van der Waals surface area contributed by atoms with Gasteiger partial charge in [-0.1, -0.05) is 11.6 Å². The van der Waals surface area contributed by atoms with Crippen molar-refractivity contribution in [3.8, 4) is 5.75 Å². The lowest BCUT2D eigenvalue weighted by Crippen LogP contribution is -2.36. The molecule has 0 saturated carbocycles. The summed E-state index contributed by atoms with van der Waals surface area (Å²) in [5.41, 5.74) is 8.76. The Morgan fingerprint density at radius 1 is 1.26 bits per heavy atom. The smallest absolute Gasteiger partial charge is 0.125 e. The highest BCUT2D eigenvalue weighted by molar-refractivity contribution is 6.30. The van der Waals surface area contributed by atoms with Crippen LogP contribution in [-0.2, 0) is 17.6 Å². The highest BCUT2D eigenvalue weighted by atomic mass is 35.5. The van der Waals surface area contributed by atoms with Crippen molar-refractivity contribution >= 4 is 11.6 Å². The standard InChI is InChI=1S/C15H20ClNO2/c16-13-7-11-3-6-19-15(11)12(8-13)9-14(17)10-1-4-18-5-2-10/h7-8,10,14H,1-6,9,17H2. The number of hydrogen-bond acceptors (Lipinski definition) is 3. The van der Waals surface area contributed by atoms with Crippen molar-refractivity contribution in [2.45, 2.75) is 31.7 Å². The van der Waals surface area contributed by atoms with Crippen LogP contribution in [0.4, 0.5) is 0 Å². The molecule has 2 heterocycles. The number of ether oxygens (including phenoxy) is 2. The Morgan fingerprint density at radius 3 is 2.84 bits per heavy atom. The van der Waals surface area contributed by atoms with Gasteiger partial charge in [0.05, 0.1) is 6.61 Å². The molecule has 0 radical (unpaired) electrons. The van der Waals surface area contributed by atoms with E-state index in [2.05, 4.69) is 0 Å². The molecule has 0 aliphatic carbocycles. The van der Waals surface area contributed by atoms with Crippen LogP contribution in [0.2, 0.25) is 5.02 Å². The Hall–Kier alpha value is -0.770.